The van der Waals surface area contributed by atoms with E-state index in [4.69, 9.17) is 10.9 Å². The van der Waals surface area contributed by atoms with Crippen molar-refractivity contribution in [2.24, 2.45) is 5.84 Å². The highest BCUT2D eigenvalue weighted by molar-refractivity contribution is 5.58. The zero-order chi connectivity index (χ0) is 12.1. The van der Waals surface area contributed by atoms with E-state index >= 15 is 0 Å². The van der Waals surface area contributed by atoms with Crippen molar-refractivity contribution in [1.29, 1.82) is 0 Å². The molecule has 5 N–H and O–H groups in total. The predicted octanol–water partition coefficient (Wildman–Crippen LogP) is 0.678. The monoisotopic (exact) mass is 225 g/mol. The molecular formula is C10H19N5O. The molecule has 1 aromatic heterocycles. The molecule has 1 aromatic rings. The van der Waals surface area contributed by atoms with E-state index in [9.17, 15) is 0 Å². The average Bonchev–Trinajstić information content (AvgIpc) is 2.28. The Morgan fingerprint density at radius 3 is 2.44 bits per heavy atom. The fourth-order valence-corrected chi connectivity index (χ4v) is 1.45. The number of hydrogen-bond donors (Lipinski definition) is 4. The number of aliphatic hydroxyl groups is 1. The number of hydrazine groups is 1. The molecule has 0 aliphatic rings. The van der Waals surface area contributed by atoms with Crippen molar-refractivity contribution in [2.75, 3.05) is 17.3 Å². The first-order valence-corrected chi connectivity index (χ1v) is 5.29. The Morgan fingerprint density at radius 1 is 1.31 bits per heavy atom. The van der Waals surface area contributed by atoms with Crippen LogP contribution in [0.25, 0.3) is 0 Å². The molecule has 6 heteroatoms. The summed E-state index contributed by atoms with van der Waals surface area (Å²) < 4.78 is 0. The standard InChI is InChI=1S/C10H19N5O/c1-6(2)8-9(14-7(3)4-16)12-5-13-10(8)15-11/h5-7,16H,4,11H2,1-3H3,(H2,12,13,14,15). The molecule has 0 spiro atoms. The molecule has 0 saturated carbocycles. The highest BCUT2D eigenvalue weighted by atomic mass is 16.3. The van der Waals surface area contributed by atoms with E-state index < -0.39 is 0 Å². The maximum Gasteiger partial charge on any atom is 0.148 e. The van der Waals surface area contributed by atoms with Crippen LogP contribution in [0.1, 0.15) is 32.3 Å². The number of nitrogens with one attached hydrogen (secondary N) is 2. The summed E-state index contributed by atoms with van der Waals surface area (Å²) in [7, 11) is 0. The SMILES string of the molecule is CC(CO)Nc1ncnc(NN)c1C(C)C. The molecule has 0 radical (unpaired) electrons. The summed E-state index contributed by atoms with van der Waals surface area (Å²) in [6.45, 7) is 6.00. The number of aromatic nitrogens is 2. The number of anilines is 2. The van der Waals surface area contributed by atoms with Crippen molar-refractivity contribution in [3.8, 4) is 0 Å². The van der Waals surface area contributed by atoms with Crippen molar-refractivity contribution in [1.82, 2.24) is 9.97 Å². The smallest absolute Gasteiger partial charge is 0.148 e. The Labute approximate surface area is 95.3 Å². The van der Waals surface area contributed by atoms with Gasteiger partial charge in [-0.3, -0.25) is 0 Å². The van der Waals surface area contributed by atoms with Crippen LogP contribution in [0.15, 0.2) is 6.33 Å². The quantitative estimate of drug-likeness (QED) is 0.434. The molecule has 1 rings (SSSR count). The summed E-state index contributed by atoms with van der Waals surface area (Å²) in [4.78, 5) is 8.23. The van der Waals surface area contributed by atoms with Gasteiger partial charge in [0.25, 0.3) is 0 Å². The van der Waals surface area contributed by atoms with Gasteiger partial charge in [0.1, 0.15) is 18.0 Å². The molecule has 0 aliphatic carbocycles. The maximum atomic E-state index is 9.01. The second-order valence-electron chi connectivity index (χ2n) is 4.01. The molecule has 16 heavy (non-hydrogen) atoms. The summed E-state index contributed by atoms with van der Waals surface area (Å²) >= 11 is 0. The molecule has 0 bridgehead atoms. The molecular weight excluding hydrogens is 206 g/mol. The van der Waals surface area contributed by atoms with Gasteiger partial charge in [0, 0.05) is 11.6 Å². The van der Waals surface area contributed by atoms with Crippen molar-refractivity contribution in [3.63, 3.8) is 0 Å². The third kappa shape index (κ3) is 2.80. The fraction of sp³-hybridized carbons (Fsp3) is 0.600. The molecule has 0 saturated heterocycles. The van der Waals surface area contributed by atoms with E-state index in [0.29, 0.717) is 11.6 Å². The first-order valence-electron chi connectivity index (χ1n) is 5.29. The van der Waals surface area contributed by atoms with Crippen LogP contribution in [0.5, 0.6) is 0 Å². The Bertz CT molecular complexity index is 342. The van der Waals surface area contributed by atoms with Crippen molar-refractivity contribution in [3.05, 3.63) is 11.9 Å². The average molecular weight is 225 g/mol. The van der Waals surface area contributed by atoms with Gasteiger partial charge in [0.2, 0.25) is 0 Å². The number of hydrogen-bond acceptors (Lipinski definition) is 6. The van der Waals surface area contributed by atoms with E-state index in [-0.39, 0.29) is 18.6 Å². The first-order chi connectivity index (χ1) is 7.60. The normalized spacial score (nSPS) is 12.6. The van der Waals surface area contributed by atoms with Gasteiger partial charge >= 0.3 is 0 Å². The van der Waals surface area contributed by atoms with Gasteiger partial charge in [-0.15, -0.1) is 0 Å². The lowest BCUT2D eigenvalue weighted by Gasteiger charge is -2.18. The van der Waals surface area contributed by atoms with Gasteiger partial charge < -0.3 is 15.8 Å². The summed E-state index contributed by atoms with van der Waals surface area (Å²) in [5.41, 5.74) is 3.48. The van der Waals surface area contributed by atoms with Crippen LogP contribution in [-0.2, 0) is 0 Å². The molecule has 1 heterocycles. The number of rotatable bonds is 5. The minimum absolute atomic E-state index is 0.0485. The number of nitrogen functional groups attached to an aromatic ring is 1. The van der Waals surface area contributed by atoms with E-state index in [2.05, 4.69) is 20.7 Å². The highest BCUT2D eigenvalue weighted by Gasteiger charge is 2.15. The minimum atomic E-state index is -0.0574. The maximum absolute atomic E-state index is 9.01. The molecule has 1 atom stereocenters. The second-order valence-corrected chi connectivity index (χ2v) is 4.01. The lowest BCUT2D eigenvalue weighted by molar-refractivity contribution is 0.281. The van der Waals surface area contributed by atoms with Gasteiger partial charge in [0.15, 0.2) is 0 Å². The van der Waals surface area contributed by atoms with Gasteiger partial charge in [-0.25, -0.2) is 15.8 Å². The largest absolute Gasteiger partial charge is 0.394 e. The van der Waals surface area contributed by atoms with Crippen LogP contribution < -0.4 is 16.6 Å². The van der Waals surface area contributed by atoms with Crippen LogP contribution in [0.2, 0.25) is 0 Å². The van der Waals surface area contributed by atoms with Crippen LogP contribution in [0, 0.1) is 0 Å². The van der Waals surface area contributed by atoms with E-state index in [1.54, 1.807) is 0 Å². The highest BCUT2D eigenvalue weighted by Crippen LogP contribution is 2.27. The third-order valence-corrected chi connectivity index (χ3v) is 2.25. The van der Waals surface area contributed by atoms with Gasteiger partial charge in [-0.05, 0) is 12.8 Å². The van der Waals surface area contributed by atoms with Crippen LogP contribution >= 0.6 is 0 Å². The van der Waals surface area contributed by atoms with Gasteiger partial charge in [0.05, 0.1) is 6.61 Å². The molecule has 90 valence electrons. The number of nitrogens with two attached hydrogens (primary N) is 1. The summed E-state index contributed by atoms with van der Waals surface area (Å²) in [5.74, 6) is 6.96. The predicted molar refractivity (Wildman–Crippen MR) is 64.1 cm³/mol. The fourth-order valence-electron chi connectivity index (χ4n) is 1.45. The Balaban J connectivity index is 3.07. The van der Waals surface area contributed by atoms with Crippen LogP contribution in [0.3, 0.4) is 0 Å². The Kier molecular flexibility index (Phi) is 4.45. The number of aliphatic hydroxyl groups excluding tert-OH is 1. The van der Waals surface area contributed by atoms with Gasteiger partial charge in [-0.1, -0.05) is 13.8 Å². The third-order valence-electron chi connectivity index (χ3n) is 2.25. The minimum Gasteiger partial charge on any atom is -0.394 e. The van der Waals surface area contributed by atoms with E-state index in [1.165, 1.54) is 6.33 Å². The zero-order valence-corrected chi connectivity index (χ0v) is 9.86. The lowest BCUT2D eigenvalue weighted by atomic mass is 10.0. The summed E-state index contributed by atoms with van der Waals surface area (Å²) in [5, 5.41) is 12.1. The Hall–Kier alpha value is -1.40. The molecule has 0 aromatic carbocycles. The van der Waals surface area contributed by atoms with Gasteiger partial charge in [-0.2, -0.15) is 0 Å². The van der Waals surface area contributed by atoms with E-state index in [1.807, 2.05) is 20.8 Å². The number of nitrogens with zero attached hydrogens (tertiary/aromatic N) is 2. The topological polar surface area (TPSA) is 96.1 Å². The molecule has 6 nitrogen and oxygen atoms in total. The van der Waals surface area contributed by atoms with Crippen molar-refractivity contribution in [2.45, 2.75) is 32.7 Å². The summed E-state index contributed by atoms with van der Waals surface area (Å²) in [6, 6.07) is -0.0574. The zero-order valence-electron chi connectivity index (χ0n) is 9.86. The molecule has 0 fully saturated rings. The van der Waals surface area contributed by atoms with E-state index in [0.717, 1.165) is 5.56 Å². The lowest BCUT2D eigenvalue weighted by Crippen LogP contribution is -2.22. The van der Waals surface area contributed by atoms with Crippen molar-refractivity contribution >= 4 is 11.6 Å². The first kappa shape index (κ1) is 12.7. The van der Waals surface area contributed by atoms with Crippen LogP contribution in [-0.4, -0.2) is 27.7 Å². The summed E-state index contributed by atoms with van der Waals surface area (Å²) in [6.07, 6.45) is 1.44. The molecule has 1 unspecified atom stereocenters. The Morgan fingerprint density at radius 2 is 1.94 bits per heavy atom. The molecule has 0 aliphatic heterocycles. The van der Waals surface area contributed by atoms with Crippen molar-refractivity contribution < 1.29 is 5.11 Å². The molecule has 0 amide bonds. The second kappa shape index (κ2) is 5.62. The van der Waals surface area contributed by atoms with Crippen LogP contribution in [0.4, 0.5) is 11.6 Å².